The minimum atomic E-state index is -4.55. The van der Waals surface area contributed by atoms with Gasteiger partial charge < -0.3 is 69.3 Å². The number of piperidine rings is 1. The van der Waals surface area contributed by atoms with Crippen LogP contribution in [-0.2, 0) is 54.0 Å². The Balaban J connectivity index is 0.000000366. The van der Waals surface area contributed by atoms with Crippen LogP contribution in [0.5, 0.6) is 0 Å². The van der Waals surface area contributed by atoms with E-state index in [4.69, 9.17) is 28.7 Å². The first kappa shape index (κ1) is 67.5. The summed E-state index contributed by atoms with van der Waals surface area (Å²) < 4.78 is 75.0. The van der Waals surface area contributed by atoms with Crippen LogP contribution < -0.4 is 49.9 Å². The van der Waals surface area contributed by atoms with Crippen LogP contribution in [0, 0.1) is 5.92 Å². The summed E-state index contributed by atoms with van der Waals surface area (Å²) in [6, 6.07) is 25.4. The van der Waals surface area contributed by atoms with Gasteiger partial charge in [0.05, 0.1) is 23.2 Å². The van der Waals surface area contributed by atoms with Crippen LogP contribution in [0.3, 0.4) is 0 Å². The predicted octanol–water partition coefficient (Wildman–Crippen LogP) is 4.87. The van der Waals surface area contributed by atoms with E-state index >= 15 is 0 Å². The van der Waals surface area contributed by atoms with Crippen molar-refractivity contribution in [2.75, 3.05) is 57.5 Å². The molecular formula is C55H77F6N11O6. The SMILES string of the molecule is CC(CCc1ccccc1)NC(=O)C(N)CC=O.CN1CC(N)[C@@H](N)C1.CN1CCC(CN)CC1.NC(CC=O)C(=O)NC(CCc1ccccc1)C(=O)Nc1cccc(C(F)(F)F)c1.O=CNc1cccc(C(F)(F)F)c1. The van der Waals surface area contributed by atoms with Gasteiger partial charge in [0.2, 0.25) is 24.1 Å². The zero-order chi connectivity index (χ0) is 58.3. The summed E-state index contributed by atoms with van der Waals surface area (Å²) in [5, 5.41) is 9.83. The zero-order valence-corrected chi connectivity index (χ0v) is 44.4. The van der Waals surface area contributed by atoms with Crippen molar-refractivity contribution in [1.82, 2.24) is 20.4 Å². The molecule has 430 valence electrons. The first-order chi connectivity index (χ1) is 36.9. The van der Waals surface area contributed by atoms with E-state index in [1.165, 1.54) is 55.8 Å². The number of nitrogens with two attached hydrogens (primary N) is 5. The molecule has 2 saturated heterocycles. The van der Waals surface area contributed by atoms with E-state index in [0.29, 0.717) is 25.4 Å². The highest BCUT2D eigenvalue weighted by Crippen LogP contribution is 2.31. The van der Waals surface area contributed by atoms with Gasteiger partial charge in [0.1, 0.15) is 18.6 Å². The number of anilines is 2. The van der Waals surface area contributed by atoms with E-state index < -0.39 is 53.4 Å². The minimum Gasteiger partial charge on any atom is -0.352 e. The molecule has 4 amide bonds. The summed E-state index contributed by atoms with van der Waals surface area (Å²) >= 11 is 0. The van der Waals surface area contributed by atoms with Crippen LogP contribution >= 0.6 is 0 Å². The highest BCUT2D eigenvalue weighted by Gasteiger charge is 2.32. The van der Waals surface area contributed by atoms with Crippen LogP contribution in [-0.4, -0.2) is 130 Å². The monoisotopic (exact) mass is 1100 g/mol. The molecule has 78 heavy (non-hydrogen) atoms. The zero-order valence-electron chi connectivity index (χ0n) is 44.4. The number of nitrogens with one attached hydrogen (secondary N) is 4. The first-order valence-corrected chi connectivity index (χ1v) is 25.4. The average Bonchev–Trinajstić information content (AvgIpc) is 3.71. The van der Waals surface area contributed by atoms with E-state index in [0.717, 1.165) is 68.2 Å². The summed E-state index contributed by atoms with van der Waals surface area (Å²) in [7, 11) is 4.21. The van der Waals surface area contributed by atoms with Crippen molar-refractivity contribution in [2.24, 2.45) is 34.6 Å². The standard InChI is InChI=1S/C21H22F3N3O3.C14H20N2O2.C8H6F3NO.C7H16N2.C5H13N3/c22-21(23,24)15-7-4-8-16(13-15)26-20(30)18(27-19(29)17(25)11-12-28)10-9-14-5-2-1-3-6-14;1-11(16-14(18)13(15)9-10-17)7-8-12-5-3-2-4-6-12;9-8(10,11)6-2-1-3-7(4-6)12-5-13;1-9-4-2-7(6-8)3-5-9;1-8-2-4(6)5(7)3-8/h1-8,12-13,17-18H,9-11,25H2,(H,26,30)(H,27,29);2-6,10-11,13H,7-9,15H2,1H3,(H,16,18);1-5H,(H,12,13);7H,2-6,8H2,1H3;4-5H,2-3,6-7H2,1H3/t;;;;4-,5?/m....0/s1. The van der Waals surface area contributed by atoms with Crippen LogP contribution in [0.25, 0.3) is 0 Å². The molecule has 6 rings (SSSR count). The van der Waals surface area contributed by atoms with Gasteiger partial charge in [0, 0.05) is 55.4 Å². The Morgan fingerprint density at radius 3 is 1.50 bits per heavy atom. The quantitative estimate of drug-likeness (QED) is 0.0449. The number of alkyl halides is 6. The number of likely N-dealkylation sites (tertiary alicyclic amines) is 2. The van der Waals surface area contributed by atoms with Gasteiger partial charge >= 0.3 is 12.4 Å². The molecule has 0 aromatic heterocycles. The smallest absolute Gasteiger partial charge is 0.352 e. The number of aryl methyl sites for hydroxylation is 2. The lowest BCUT2D eigenvalue weighted by Gasteiger charge is -2.27. The van der Waals surface area contributed by atoms with Crippen molar-refractivity contribution in [3.63, 3.8) is 0 Å². The van der Waals surface area contributed by atoms with Crippen LogP contribution in [0.1, 0.15) is 67.7 Å². The lowest BCUT2D eigenvalue weighted by atomic mass is 9.98. The van der Waals surface area contributed by atoms with Gasteiger partial charge in [0.25, 0.3) is 0 Å². The van der Waals surface area contributed by atoms with E-state index in [-0.39, 0.29) is 54.7 Å². The lowest BCUT2D eigenvalue weighted by molar-refractivity contribution is -0.138. The molecule has 0 bridgehead atoms. The van der Waals surface area contributed by atoms with Gasteiger partial charge in [-0.25, -0.2) is 0 Å². The van der Waals surface area contributed by atoms with Crippen molar-refractivity contribution in [3.05, 3.63) is 131 Å². The van der Waals surface area contributed by atoms with Crippen LogP contribution in [0.4, 0.5) is 37.7 Å². The highest BCUT2D eigenvalue weighted by atomic mass is 19.4. The number of amides is 4. The molecule has 2 fully saturated rings. The summed E-state index contributed by atoms with van der Waals surface area (Å²) in [5.41, 5.74) is 28.4. The van der Waals surface area contributed by atoms with Crippen LogP contribution in [0.15, 0.2) is 109 Å². The summed E-state index contributed by atoms with van der Waals surface area (Å²) in [4.78, 5) is 71.7. The molecule has 4 aromatic rings. The Kier molecular flexibility index (Phi) is 30.9. The van der Waals surface area contributed by atoms with Gasteiger partial charge in [0.15, 0.2) is 0 Å². The molecular weight excluding hydrogens is 1020 g/mol. The molecule has 6 atom stereocenters. The fraction of sp³-hybridized carbons (Fsp3) is 0.455. The second-order valence-electron chi connectivity index (χ2n) is 19.0. The fourth-order valence-corrected chi connectivity index (χ4v) is 7.59. The number of likely N-dealkylation sites (N-methyl/N-ethyl adjacent to an activating group) is 1. The topological polar surface area (TPSA) is 287 Å². The minimum absolute atomic E-state index is 0.0500. The second kappa shape index (κ2) is 35.7. The third kappa shape index (κ3) is 27.6. The maximum Gasteiger partial charge on any atom is 0.416 e. The number of carbonyl (C=O) groups excluding carboxylic acids is 6. The van der Waals surface area contributed by atoms with E-state index in [1.54, 1.807) is 0 Å². The van der Waals surface area contributed by atoms with Crippen molar-refractivity contribution in [1.29, 1.82) is 0 Å². The molecule has 0 radical (unpaired) electrons. The van der Waals surface area contributed by atoms with Crippen molar-refractivity contribution >= 4 is 48.1 Å². The number of aldehydes is 2. The first-order valence-electron chi connectivity index (χ1n) is 25.4. The molecule has 5 unspecified atom stereocenters. The Morgan fingerprint density at radius 1 is 0.628 bits per heavy atom. The number of benzene rings is 4. The van der Waals surface area contributed by atoms with Crippen molar-refractivity contribution in [2.45, 2.75) is 107 Å². The van der Waals surface area contributed by atoms with Crippen molar-refractivity contribution < 1.29 is 55.1 Å². The summed E-state index contributed by atoms with van der Waals surface area (Å²) in [6.45, 7) is 7.19. The van der Waals surface area contributed by atoms with E-state index in [2.05, 4.69) is 50.2 Å². The second-order valence-corrected chi connectivity index (χ2v) is 19.0. The maximum atomic E-state index is 12.9. The van der Waals surface area contributed by atoms with Gasteiger partial charge in [-0.05, 0) is 133 Å². The summed E-state index contributed by atoms with van der Waals surface area (Å²) in [5.74, 6) is -0.833. The third-order valence-electron chi connectivity index (χ3n) is 12.3. The third-order valence-corrected chi connectivity index (χ3v) is 12.3. The van der Waals surface area contributed by atoms with E-state index in [1.807, 2.05) is 62.5 Å². The normalized spacial score (nSPS) is 17.1. The van der Waals surface area contributed by atoms with E-state index in [9.17, 15) is 55.1 Å². The van der Waals surface area contributed by atoms with Gasteiger partial charge in [-0.3, -0.25) is 19.2 Å². The Labute approximate surface area is 452 Å². The van der Waals surface area contributed by atoms with Gasteiger partial charge in [-0.2, -0.15) is 26.3 Å². The number of rotatable bonds is 19. The Hall–Kier alpha value is -6.60. The van der Waals surface area contributed by atoms with Gasteiger partial charge in [-0.1, -0.05) is 72.8 Å². The molecule has 0 saturated carbocycles. The maximum absolute atomic E-state index is 12.9. The summed E-state index contributed by atoms with van der Waals surface area (Å²) in [6.07, 6.45) is -2.61. The van der Waals surface area contributed by atoms with Gasteiger partial charge in [-0.15, -0.1) is 0 Å². The predicted molar refractivity (Wildman–Crippen MR) is 290 cm³/mol. The number of nitrogens with zero attached hydrogens (tertiary/aromatic N) is 2. The molecule has 14 N–H and O–H groups in total. The molecule has 0 aliphatic carbocycles. The number of halogens is 6. The number of carbonyl (C=O) groups is 6. The van der Waals surface area contributed by atoms with Crippen LogP contribution in [0.2, 0.25) is 0 Å². The van der Waals surface area contributed by atoms with Crippen molar-refractivity contribution in [3.8, 4) is 0 Å². The molecule has 23 heteroatoms. The number of hydrogen-bond acceptors (Lipinski definition) is 13. The molecule has 0 spiro atoms. The molecule has 4 aromatic carbocycles. The molecule has 17 nitrogen and oxygen atoms in total. The number of hydrogen-bond donors (Lipinski definition) is 9. The molecule has 2 aliphatic rings. The fourth-order valence-electron chi connectivity index (χ4n) is 7.59. The average molecular weight is 1100 g/mol. The highest BCUT2D eigenvalue weighted by molar-refractivity contribution is 5.98. The Morgan fingerprint density at radius 2 is 1.08 bits per heavy atom. The largest absolute Gasteiger partial charge is 0.416 e. The Bertz CT molecular complexity index is 2370. The molecule has 2 aliphatic heterocycles. The lowest BCUT2D eigenvalue weighted by Crippen LogP contribution is -2.50. The molecule has 2 heterocycles.